The first-order chi connectivity index (χ1) is 14.0. The van der Waals surface area contributed by atoms with E-state index in [1.165, 1.54) is 24.3 Å². The molecule has 5 nitrogen and oxygen atoms in total. The lowest BCUT2D eigenvalue weighted by Gasteiger charge is -2.08. The first-order valence-electron chi connectivity index (χ1n) is 8.67. The Balaban J connectivity index is 1.71. The van der Waals surface area contributed by atoms with E-state index >= 15 is 0 Å². The van der Waals surface area contributed by atoms with Crippen LogP contribution in [0.4, 0.5) is 15.8 Å². The molecule has 7 heteroatoms. The monoisotopic (exact) mass is 452 g/mol. The number of carbonyl (C=O) groups excluding carboxylic acids is 2. The SMILES string of the molecule is O=C(Nc1c(C(=O)Nc2ccc(F)cc2)oc2ccccc12)c1ccccc1Br. The molecule has 0 bridgehead atoms. The maximum absolute atomic E-state index is 13.1. The molecule has 4 rings (SSSR count). The number of furan rings is 1. The van der Waals surface area contributed by atoms with Gasteiger partial charge in [0.1, 0.15) is 17.1 Å². The van der Waals surface area contributed by atoms with Crippen molar-refractivity contribution in [3.8, 4) is 0 Å². The molecule has 0 aliphatic carbocycles. The minimum absolute atomic E-state index is 0.0454. The highest BCUT2D eigenvalue weighted by Gasteiger charge is 2.23. The second kappa shape index (κ2) is 7.89. The summed E-state index contributed by atoms with van der Waals surface area (Å²) in [6, 6.07) is 19.3. The molecule has 0 radical (unpaired) electrons. The number of carbonyl (C=O) groups is 2. The van der Waals surface area contributed by atoms with E-state index in [9.17, 15) is 14.0 Å². The standard InChI is InChI=1S/C22H14BrFN2O3/c23-17-7-3-1-5-15(17)21(27)26-19-16-6-2-4-8-18(16)29-20(19)22(28)25-14-11-9-13(24)10-12-14/h1-12H,(H,25,28)(H,26,27). The van der Waals surface area contributed by atoms with Crippen LogP contribution in [0.3, 0.4) is 0 Å². The average molecular weight is 453 g/mol. The van der Waals surface area contributed by atoms with Crippen LogP contribution in [0.2, 0.25) is 0 Å². The van der Waals surface area contributed by atoms with Gasteiger partial charge in [-0.2, -0.15) is 0 Å². The lowest BCUT2D eigenvalue weighted by Crippen LogP contribution is -2.17. The zero-order chi connectivity index (χ0) is 20.4. The Hall–Kier alpha value is -3.45. The summed E-state index contributed by atoms with van der Waals surface area (Å²) in [5.74, 6) is -1.40. The second-order valence-electron chi connectivity index (χ2n) is 6.20. The van der Waals surface area contributed by atoms with Crippen LogP contribution in [0.5, 0.6) is 0 Å². The molecule has 1 heterocycles. The van der Waals surface area contributed by atoms with E-state index in [0.29, 0.717) is 26.7 Å². The summed E-state index contributed by atoms with van der Waals surface area (Å²) < 4.78 is 19.4. The van der Waals surface area contributed by atoms with Crippen LogP contribution in [0, 0.1) is 5.82 Å². The van der Waals surface area contributed by atoms with E-state index in [1.54, 1.807) is 48.5 Å². The Kier molecular flexibility index (Phi) is 5.14. The van der Waals surface area contributed by atoms with Gasteiger partial charge in [-0.1, -0.05) is 24.3 Å². The second-order valence-corrected chi connectivity index (χ2v) is 7.05. The van der Waals surface area contributed by atoms with Crippen LogP contribution in [0.1, 0.15) is 20.9 Å². The summed E-state index contributed by atoms with van der Waals surface area (Å²) in [5, 5.41) is 6.03. The van der Waals surface area contributed by atoms with Crippen molar-refractivity contribution in [2.24, 2.45) is 0 Å². The van der Waals surface area contributed by atoms with Crippen molar-refractivity contribution in [1.82, 2.24) is 0 Å². The summed E-state index contributed by atoms with van der Waals surface area (Å²) in [6.45, 7) is 0. The van der Waals surface area contributed by atoms with E-state index in [4.69, 9.17) is 4.42 Å². The number of nitrogens with one attached hydrogen (secondary N) is 2. The number of fused-ring (bicyclic) bond motifs is 1. The van der Waals surface area contributed by atoms with Gasteiger partial charge in [-0.3, -0.25) is 9.59 Å². The third-order valence-corrected chi connectivity index (χ3v) is 4.95. The summed E-state index contributed by atoms with van der Waals surface area (Å²) in [6.07, 6.45) is 0. The molecule has 3 aromatic carbocycles. The number of amides is 2. The quantitative estimate of drug-likeness (QED) is 0.408. The van der Waals surface area contributed by atoms with E-state index in [-0.39, 0.29) is 17.4 Å². The first-order valence-corrected chi connectivity index (χ1v) is 9.46. The van der Waals surface area contributed by atoms with Crippen LogP contribution in [-0.4, -0.2) is 11.8 Å². The van der Waals surface area contributed by atoms with Crippen LogP contribution in [-0.2, 0) is 0 Å². The minimum Gasteiger partial charge on any atom is -0.449 e. The molecule has 0 fully saturated rings. The third-order valence-electron chi connectivity index (χ3n) is 4.26. The van der Waals surface area contributed by atoms with Crippen LogP contribution < -0.4 is 10.6 Å². The summed E-state index contributed by atoms with van der Waals surface area (Å²) in [7, 11) is 0. The van der Waals surface area contributed by atoms with Gasteiger partial charge in [0, 0.05) is 15.5 Å². The van der Waals surface area contributed by atoms with Gasteiger partial charge in [0.05, 0.1) is 5.56 Å². The molecule has 2 amide bonds. The predicted molar refractivity (Wildman–Crippen MR) is 113 cm³/mol. The number of anilines is 2. The van der Waals surface area contributed by atoms with Gasteiger partial charge in [0.15, 0.2) is 0 Å². The van der Waals surface area contributed by atoms with Crippen molar-refractivity contribution in [2.75, 3.05) is 10.6 Å². The molecule has 0 aliphatic heterocycles. The zero-order valence-corrected chi connectivity index (χ0v) is 16.5. The lowest BCUT2D eigenvalue weighted by atomic mass is 10.1. The molecule has 0 atom stereocenters. The average Bonchev–Trinajstić information content (AvgIpc) is 3.08. The maximum atomic E-state index is 13.1. The Morgan fingerprint density at radius 3 is 2.28 bits per heavy atom. The van der Waals surface area contributed by atoms with Crippen molar-refractivity contribution in [1.29, 1.82) is 0 Å². The lowest BCUT2D eigenvalue weighted by molar-refractivity contribution is 0.0999. The molecule has 0 aliphatic rings. The summed E-state index contributed by atoms with van der Waals surface area (Å²) in [5.41, 5.74) is 1.54. The predicted octanol–water partition coefficient (Wildman–Crippen LogP) is 5.84. The van der Waals surface area contributed by atoms with Gasteiger partial charge in [-0.05, 0) is 64.5 Å². The molecule has 1 aromatic heterocycles. The smallest absolute Gasteiger partial charge is 0.293 e. The minimum atomic E-state index is -0.560. The maximum Gasteiger partial charge on any atom is 0.293 e. The Labute approximate surface area is 173 Å². The summed E-state index contributed by atoms with van der Waals surface area (Å²) in [4.78, 5) is 25.6. The van der Waals surface area contributed by atoms with Crippen LogP contribution >= 0.6 is 15.9 Å². The van der Waals surface area contributed by atoms with Crippen LogP contribution in [0.25, 0.3) is 11.0 Å². The molecule has 2 N–H and O–H groups in total. The highest BCUT2D eigenvalue weighted by Crippen LogP contribution is 2.32. The molecule has 0 saturated heterocycles. The van der Waals surface area contributed by atoms with E-state index in [1.807, 2.05) is 0 Å². The normalized spacial score (nSPS) is 10.7. The topological polar surface area (TPSA) is 71.3 Å². The molecule has 4 aromatic rings. The fourth-order valence-electron chi connectivity index (χ4n) is 2.88. The molecular formula is C22H14BrFN2O3. The fourth-order valence-corrected chi connectivity index (χ4v) is 3.34. The van der Waals surface area contributed by atoms with E-state index < -0.39 is 11.7 Å². The molecule has 0 spiro atoms. The molecule has 29 heavy (non-hydrogen) atoms. The number of benzene rings is 3. The fraction of sp³-hybridized carbons (Fsp3) is 0. The van der Waals surface area contributed by atoms with Crippen molar-refractivity contribution >= 4 is 50.1 Å². The molecule has 144 valence electrons. The number of hydrogen-bond acceptors (Lipinski definition) is 3. The largest absolute Gasteiger partial charge is 0.449 e. The van der Waals surface area contributed by atoms with Gasteiger partial charge in [0.2, 0.25) is 5.76 Å². The molecule has 0 unspecified atom stereocenters. The van der Waals surface area contributed by atoms with Gasteiger partial charge >= 0.3 is 0 Å². The Morgan fingerprint density at radius 2 is 1.52 bits per heavy atom. The molecule has 0 saturated carbocycles. The summed E-state index contributed by atoms with van der Waals surface area (Å²) >= 11 is 3.35. The molecular weight excluding hydrogens is 439 g/mol. The Morgan fingerprint density at radius 1 is 0.828 bits per heavy atom. The number of halogens is 2. The van der Waals surface area contributed by atoms with Crippen molar-refractivity contribution in [3.05, 3.63) is 94.4 Å². The van der Waals surface area contributed by atoms with E-state index in [0.717, 1.165) is 0 Å². The van der Waals surface area contributed by atoms with Gasteiger partial charge in [-0.15, -0.1) is 0 Å². The van der Waals surface area contributed by atoms with Crippen molar-refractivity contribution in [2.45, 2.75) is 0 Å². The third kappa shape index (κ3) is 3.90. The van der Waals surface area contributed by atoms with Gasteiger partial charge in [-0.25, -0.2) is 4.39 Å². The van der Waals surface area contributed by atoms with Crippen molar-refractivity contribution in [3.63, 3.8) is 0 Å². The highest BCUT2D eigenvalue weighted by atomic mass is 79.9. The van der Waals surface area contributed by atoms with Crippen LogP contribution in [0.15, 0.2) is 81.7 Å². The number of rotatable bonds is 4. The van der Waals surface area contributed by atoms with E-state index in [2.05, 4.69) is 26.6 Å². The van der Waals surface area contributed by atoms with Gasteiger partial charge < -0.3 is 15.1 Å². The zero-order valence-electron chi connectivity index (χ0n) is 14.9. The van der Waals surface area contributed by atoms with Gasteiger partial charge in [0.25, 0.3) is 11.8 Å². The highest BCUT2D eigenvalue weighted by molar-refractivity contribution is 9.10. The first kappa shape index (κ1) is 18.9. The Bertz CT molecular complexity index is 1220. The van der Waals surface area contributed by atoms with Crippen molar-refractivity contribution < 1.29 is 18.4 Å². The number of para-hydroxylation sites is 1. The number of hydrogen-bond donors (Lipinski definition) is 2.